The molecule has 102 valence electrons. The molecule has 0 aliphatic heterocycles. The lowest BCUT2D eigenvalue weighted by Crippen LogP contribution is -2.06. The lowest BCUT2D eigenvalue weighted by molar-refractivity contribution is 0.181. The average molecular weight is 346 g/mol. The minimum Gasteiger partial charge on any atom is -0.378 e. The molecule has 0 aliphatic carbocycles. The van der Waals surface area contributed by atoms with Crippen molar-refractivity contribution in [3.63, 3.8) is 0 Å². The summed E-state index contributed by atoms with van der Waals surface area (Å²) in [5, 5.41) is 4.64. The molecule has 0 aliphatic rings. The van der Waals surface area contributed by atoms with Crippen LogP contribution in [0.15, 0.2) is 16.7 Å². The van der Waals surface area contributed by atoms with Crippen molar-refractivity contribution in [2.75, 3.05) is 7.11 Å². The van der Waals surface area contributed by atoms with Gasteiger partial charge < -0.3 is 4.74 Å². The summed E-state index contributed by atoms with van der Waals surface area (Å²) in [7, 11) is 1.61. The molecule has 19 heavy (non-hydrogen) atoms. The van der Waals surface area contributed by atoms with Gasteiger partial charge in [0.25, 0.3) is 0 Å². The van der Waals surface area contributed by atoms with Crippen LogP contribution >= 0.6 is 27.5 Å². The summed E-state index contributed by atoms with van der Waals surface area (Å²) in [5.74, 6) is 0.561. The Hall–Kier alpha value is -0.980. The molecule has 2 aromatic heterocycles. The number of hydrogen-bond donors (Lipinski definition) is 0. The van der Waals surface area contributed by atoms with Crippen LogP contribution < -0.4 is 0 Å². The molecule has 2 aromatic rings. The van der Waals surface area contributed by atoms with Gasteiger partial charge in [-0.2, -0.15) is 5.10 Å². The molecule has 0 radical (unpaired) electrons. The van der Waals surface area contributed by atoms with E-state index in [9.17, 15) is 0 Å². The minimum absolute atomic E-state index is 0.373. The van der Waals surface area contributed by atoms with Crippen LogP contribution in [0.3, 0.4) is 0 Å². The quantitative estimate of drug-likeness (QED) is 0.780. The fourth-order valence-electron chi connectivity index (χ4n) is 1.72. The summed E-state index contributed by atoms with van der Waals surface area (Å²) in [5.41, 5.74) is 1.58. The molecule has 0 amide bonds. The third kappa shape index (κ3) is 3.13. The maximum atomic E-state index is 6.12. The molecule has 0 saturated carbocycles. The molecule has 0 fully saturated rings. The molecule has 0 unspecified atom stereocenters. The van der Waals surface area contributed by atoms with E-state index in [1.165, 1.54) is 0 Å². The van der Waals surface area contributed by atoms with Crippen molar-refractivity contribution >= 4 is 27.5 Å². The largest absolute Gasteiger partial charge is 0.378 e. The number of rotatable bonds is 5. The zero-order valence-electron chi connectivity index (χ0n) is 10.7. The highest BCUT2D eigenvalue weighted by Gasteiger charge is 2.14. The molecule has 2 heterocycles. The number of ether oxygens (including phenoxy) is 1. The van der Waals surface area contributed by atoms with E-state index in [0.717, 1.165) is 24.4 Å². The molecule has 0 atom stereocenters. The molecule has 0 N–H and O–H groups in total. The second-order valence-electron chi connectivity index (χ2n) is 3.97. The van der Waals surface area contributed by atoms with Crippen molar-refractivity contribution in [2.45, 2.75) is 26.5 Å². The van der Waals surface area contributed by atoms with E-state index >= 15 is 0 Å². The van der Waals surface area contributed by atoms with Crippen LogP contribution in [-0.4, -0.2) is 26.9 Å². The SMILES string of the molecule is CCCn1nccc1-c1nc(Cl)c(Br)c(COC)n1. The van der Waals surface area contributed by atoms with Crippen LogP contribution in [0.25, 0.3) is 11.5 Å². The molecule has 0 bridgehead atoms. The van der Waals surface area contributed by atoms with Gasteiger partial charge in [0.15, 0.2) is 5.82 Å². The predicted octanol–water partition coefficient (Wildman–Crippen LogP) is 3.31. The van der Waals surface area contributed by atoms with Gasteiger partial charge in [-0.05, 0) is 28.4 Å². The fourth-order valence-corrected chi connectivity index (χ4v) is 2.20. The topological polar surface area (TPSA) is 52.8 Å². The van der Waals surface area contributed by atoms with Crippen molar-refractivity contribution in [3.05, 3.63) is 27.6 Å². The number of aromatic nitrogens is 4. The van der Waals surface area contributed by atoms with Crippen LogP contribution in [0, 0.1) is 0 Å². The zero-order valence-corrected chi connectivity index (χ0v) is 13.1. The predicted molar refractivity (Wildman–Crippen MR) is 77.0 cm³/mol. The number of halogens is 2. The lowest BCUT2D eigenvalue weighted by atomic mass is 10.3. The number of hydrogen-bond acceptors (Lipinski definition) is 4. The van der Waals surface area contributed by atoms with Gasteiger partial charge in [0.1, 0.15) is 10.8 Å². The van der Waals surface area contributed by atoms with E-state index in [-0.39, 0.29) is 0 Å². The smallest absolute Gasteiger partial charge is 0.179 e. The Kier molecular flexibility index (Phi) is 4.90. The minimum atomic E-state index is 0.373. The Morgan fingerprint density at radius 2 is 2.21 bits per heavy atom. The van der Waals surface area contributed by atoms with Crippen molar-refractivity contribution < 1.29 is 4.74 Å². The molecule has 5 nitrogen and oxygen atoms in total. The number of methoxy groups -OCH3 is 1. The third-order valence-electron chi connectivity index (χ3n) is 2.54. The van der Waals surface area contributed by atoms with Crippen LogP contribution in [0.5, 0.6) is 0 Å². The average Bonchev–Trinajstić information content (AvgIpc) is 2.84. The van der Waals surface area contributed by atoms with Crippen molar-refractivity contribution in [1.82, 2.24) is 19.7 Å². The molecule has 0 aromatic carbocycles. The summed E-state index contributed by atoms with van der Waals surface area (Å²) in [6.07, 6.45) is 2.73. The molecular formula is C12H14BrClN4O. The Morgan fingerprint density at radius 1 is 1.42 bits per heavy atom. The first-order chi connectivity index (χ1) is 9.17. The van der Waals surface area contributed by atoms with E-state index in [1.54, 1.807) is 13.3 Å². The van der Waals surface area contributed by atoms with Crippen LogP contribution in [0.1, 0.15) is 19.0 Å². The van der Waals surface area contributed by atoms with Crippen molar-refractivity contribution in [2.24, 2.45) is 0 Å². The summed E-state index contributed by atoms with van der Waals surface area (Å²) in [4.78, 5) is 8.77. The Bertz CT molecular complexity index is 573. The second kappa shape index (κ2) is 6.45. The van der Waals surface area contributed by atoms with Gasteiger partial charge in [0.2, 0.25) is 0 Å². The Morgan fingerprint density at radius 3 is 2.89 bits per heavy atom. The first-order valence-electron chi connectivity index (χ1n) is 5.90. The Labute approximate surface area is 125 Å². The normalized spacial score (nSPS) is 10.9. The highest BCUT2D eigenvalue weighted by atomic mass is 79.9. The van der Waals surface area contributed by atoms with Gasteiger partial charge in [-0.3, -0.25) is 4.68 Å². The molecule has 0 saturated heterocycles. The molecule has 2 rings (SSSR count). The molecule has 0 spiro atoms. The van der Waals surface area contributed by atoms with Gasteiger partial charge in [-0.25, -0.2) is 9.97 Å². The van der Waals surface area contributed by atoms with Gasteiger partial charge in [0, 0.05) is 19.9 Å². The van der Waals surface area contributed by atoms with E-state index in [4.69, 9.17) is 16.3 Å². The lowest BCUT2D eigenvalue weighted by Gasteiger charge is -2.09. The van der Waals surface area contributed by atoms with Crippen molar-refractivity contribution in [3.8, 4) is 11.5 Å². The van der Waals surface area contributed by atoms with Crippen molar-refractivity contribution in [1.29, 1.82) is 0 Å². The Balaban J connectivity index is 2.47. The molecular weight excluding hydrogens is 332 g/mol. The van der Waals surface area contributed by atoms with Crippen LogP contribution in [0.4, 0.5) is 0 Å². The van der Waals surface area contributed by atoms with Gasteiger partial charge in [-0.15, -0.1) is 0 Å². The zero-order chi connectivity index (χ0) is 13.8. The summed E-state index contributed by atoms with van der Waals surface area (Å²) in [6, 6.07) is 1.88. The highest BCUT2D eigenvalue weighted by Crippen LogP contribution is 2.27. The van der Waals surface area contributed by atoms with E-state index in [1.807, 2.05) is 10.7 Å². The first kappa shape index (κ1) is 14.4. The van der Waals surface area contributed by atoms with Gasteiger partial charge in [-0.1, -0.05) is 18.5 Å². The second-order valence-corrected chi connectivity index (χ2v) is 5.12. The molecule has 7 heteroatoms. The summed E-state index contributed by atoms with van der Waals surface area (Å²) in [6.45, 7) is 3.29. The summed E-state index contributed by atoms with van der Waals surface area (Å²) < 4.78 is 7.65. The maximum Gasteiger partial charge on any atom is 0.179 e. The van der Waals surface area contributed by atoms with Gasteiger partial charge >= 0.3 is 0 Å². The summed E-state index contributed by atoms with van der Waals surface area (Å²) >= 11 is 9.49. The van der Waals surface area contributed by atoms with Crippen LogP contribution in [-0.2, 0) is 17.9 Å². The number of nitrogens with zero attached hydrogens (tertiary/aromatic N) is 4. The highest BCUT2D eigenvalue weighted by molar-refractivity contribution is 9.10. The monoisotopic (exact) mass is 344 g/mol. The van der Waals surface area contributed by atoms with E-state index < -0.39 is 0 Å². The van der Waals surface area contributed by atoms with Crippen LogP contribution in [0.2, 0.25) is 5.15 Å². The first-order valence-corrected chi connectivity index (χ1v) is 7.07. The maximum absolute atomic E-state index is 6.12. The fraction of sp³-hybridized carbons (Fsp3) is 0.417. The van der Waals surface area contributed by atoms with E-state index in [0.29, 0.717) is 22.1 Å². The standard InChI is InChI=1S/C12H14BrClN4O/c1-3-6-18-9(4-5-15-18)12-16-8(7-19-2)10(13)11(14)17-12/h4-5H,3,6-7H2,1-2H3. The van der Waals surface area contributed by atoms with E-state index in [2.05, 4.69) is 37.9 Å². The number of aryl methyl sites for hydroxylation is 1. The van der Waals surface area contributed by atoms with Gasteiger partial charge in [0.05, 0.1) is 16.8 Å². The third-order valence-corrected chi connectivity index (χ3v) is 3.88.